The van der Waals surface area contributed by atoms with Crippen molar-refractivity contribution in [2.45, 2.75) is 0 Å². The SMILES string of the molecule is N#Cc1cc(F)ccc1NC(=O)c1cnc(NN)cn1. The monoisotopic (exact) mass is 272 g/mol. The van der Waals surface area contributed by atoms with E-state index in [1.54, 1.807) is 6.07 Å². The molecule has 0 spiro atoms. The van der Waals surface area contributed by atoms with Gasteiger partial charge in [0.05, 0.1) is 23.6 Å². The van der Waals surface area contributed by atoms with Gasteiger partial charge < -0.3 is 10.7 Å². The number of nitrogens with one attached hydrogen (secondary N) is 2. The summed E-state index contributed by atoms with van der Waals surface area (Å²) < 4.78 is 13.0. The molecule has 0 unspecified atom stereocenters. The molecule has 2 aromatic rings. The van der Waals surface area contributed by atoms with E-state index in [9.17, 15) is 9.18 Å². The molecule has 1 heterocycles. The Kier molecular flexibility index (Phi) is 3.83. The van der Waals surface area contributed by atoms with Gasteiger partial charge in [-0.25, -0.2) is 20.2 Å². The van der Waals surface area contributed by atoms with Crippen LogP contribution in [0, 0.1) is 17.1 Å². The first-order chi connectivity index (χ1) is 9.63. The topological polar surface area (TPSA) is 117 Å². The van der Waals surface area contributed by atoms with Crippen LogP contribution in [0.5, 0.6) is 0 Å². The predicted molar refractivity (Wildman–Crippen MR) is 68.9 cm³/mol. The average Bonchev–Trinajstić information content (AvgIpc) is 2.49. The Hall–Kier alpha value is -3.05. The molecule has 0 aliphatic carbocycles. The summed E-state index contributed by atoms with van der Waals surface area (Å²) in [4.78, 5) is 19.6. The maximum absolute atomic E-state index is 13.0. The Morgan fingerprint density at radius 1 is 1.35 bits per heavy atom. The van der Waals surface area contributed by atoms with Crippen LogP contribution in [-0.2, 0) is 0 Å². The van der Waals surface area contributed by atoms with Crippen LogP contribution >= 0.6 is 0 Å². The molecule has 7 nitrogen and oxygen atoms in total. The Morgan fingerprint density at radius 2 is 2.15 bits per heavy atom. The van der Waals surface area contributed by atoms with Crippen molar-refractivity contribution in [2.24, 2.45) is 5.84 Å². The molecule has 2 rings (SSSR count). The van der Waals surface area contributed by atoms with Gasteiger partial charge in [0.2, 0.25) is 0 Å². The lowest BCUT2D eigenvalue weighted by molar-refractivity contribution is 0.102. The largest absolute Gasteiger partial charge is 0.319 e. The van der Waals surface area contributed by atoms with E-state index in [0.29, 0.717) is 5.82 Å². The molecule has 0 aliphatic heterocycles. The maximum atomic E-state index is 13.0. The van der Waals surface area contributed by atoms with E-state index in [0.717, 1.165) is 12.1 Å². The Morgan fingerprint density at radius 3 is 2.75 bits per heavy atom. The number of amides is 1. The fraction of sp³-hybridized carbons (Fsp3) is 0. The molecular formula is C12H9FN6O. The van der Waals surface area contributed by atoms with E-state index in [1.165, 1.54) is 18.5 Å². The molecule has 0 saturated heterocycles. The number of hydrogen-bond acceptors (Lipinski definition) is 6. The van der Waals surface area contributed by atoms with E-state index >= 15 is 0 Å². The van der Waals surface area contributed by atoms with Crippen LogP contribution in [0.25, 0.3) is 0 Å². The quantitative estimate of drug-likeness (QED) is 0.567. The second kappa shape index (κ2) is 5.73. The van der Waals surface area contributed by atoms with Crippen molar-refractivity contribution in [3.8, 4) is 6.07 Å². The van der Waals surface area contributed by atoms with Crippen molar-refractivity contribution in [1.82, 2.24) is 9.97 Å². The summed E-state index contributed by atoms with van der Waals surface area (Å²) in [6.45, 7) is 0. The molecule has 4 N–H and O–H groups in total. The molecule has 0 atom stereocenters. The third-order valence-electron chi connectivity index (χ3n) is 2.38. The number of anilines is 2. The Bertz CT molecular complexity index is 679. The Balaban J connectivity index is 2.21. The number of aromatic nitrogens is 2. The third-order valence-corrected chi connectivity index (χ3v) is 2.38. The molecule has 0 aliphatic rings. The van der Waals surface area contributed by atoms with Gasteiger partial charge >= 0.3 is 0 Å². The summed E-state index contributed by atoms with van der Waals surface area (Å²) in [7, 11) is 0. The molecular weight excluding hydrogens is 263 g/mol. The molecule has 1 aromatic heterocycles. The number of nitrogen functional groups attached to an aromatic ring is 1. The van der Waals surface area contributed by atoms with E-state index in [1.807, 2.05) is 0 Å². The number of hydrogen-bond donors (Lipinski definition) is 3. The van der Waals surface area contributed by atoms with Gasteiger partial charge in [0.25, 0.3) is 5.91 Å². The Labute approximate surface area is 113 Å². The summed E-state index contributed by atoms with van der Waals surface area (Å²) in [5, 5.41) is 11.3. The van der Waals surface area contributed by atoms with Crippen LogP contribution in [0.1, 0.15) is 16.1 Å². The summed E-state index contributed by atoms with van der Waals surface area (Å²) >= 11 is 0. The van der Waals surface area contributed by atoms with Crippen LogP contribution in [0.3, 0.4) is 0 Å². The number of nitrogens with zero attached hydrogens (tertiary/aromatic N) is 3. The minimum atomic E-state index is -0.566. The van der Waals surface area contributed by atoms with Crippen molar-refractivity contribution in [1.29, 1.82) is 5.26 Å². The number of nitriles is 1. The van der Waals surface area contributed by atoms with Crippen molar-refractivity contribution in [3.05, 3.63) is 47.7 Å². The van der Waals surface area contributed by atoms with Gasteiger partial charge in [0.15, 0.2) is 5.82 Å². The van der Waals surface area contributed by atoms with E-state index in [4.69, 9.17) is 11.1 Å². The molecule has 8 heteroatoms. The highest BCUT2D eigenvalue weighted by molar-refractivity contribution is 6.03. The van der Waals surface area contributed by atoms with Gasteiger partial charge in [-0.2, -0.15) is 5.26 Å². The van der Waals surface area contributed by atoms with E-state index < -0.39 is 11.7 Å². The predicted octanol–water partition coefficient (Wildman–Crippen LogP) is 1.03. The van der Waals surface area contributed by atoms with E-state index in [-0.39, 0.29) is 16.9 Å². The second-order valence-electron chi connectivity index (χ2n) is 3.69. The molecule has 100 valence electrons. The number of rotatable bonds is 3. The zero-order valence-corrected chi connectivity index (χ0v) is 10.1. The lowest BCUT2D eigenvalue weighted by atomic mass is 10.2. The highest BCUT2D eigenvalue weighted by Gasteiger charge is 2.11. The number of halogens is 1. The minimum Gasteiger partial charge on any atom is -0.319 e. The van der Waals surface area contributed by atoms with Gasteiger partial charge in [-0.1, -0.05) is 0 Å². The average molecular weight is 272 g/mol. The number of hydrazine groups is 1. The summed E-state index contributed by atoms with van der Waals surface area (Å²) in [5.74, 6) is 4.31. The molecule has 1 amide bonds. The fourth-order valence-electron chi connectivity index (χ4n) is 1.42. The lowest BCUT2D eigenvalue weighted by Gasteiger charge is -2.06. The molecule has 1 aromatic carbocycles. The van der Waals surface area contributed by atoms with Gasteiger partial charge in [-0.05, 0) is 18.2 Å². The highest BCUT2D eigenvalue weighted by atomic mass is 19.1. The van der Waals surface area contributed by atoms with Crippen molar-refractivity contribution >= 4 is 17.4 Å². The number of benzene rings is 1. The first kappa shape index (κ1) is 13.4. The fourth-order valence-corrected chi connectivity index (χ4v) is 1.42. The van der Waals surface area contributed by atoms with Gasteiger partial charge in [0.1, 0.15) is 17.6 Å². The summed E-state index contributed by atoms with van der Waals surface area (Å²) in [6, 6.07) is 5.27. The second-order valence-corrected chi connectivity index (χ2v) is 3.69. The zero-order valence-electron chi connectivity index (χ0n) is 10.1. The standard InChI is InChI=1S/C12H9FN6O/c13-8-1-2-9(7(3-8)4-14)18-12(20)10-5-17-11(19-15)6-16-10/h1-3,5-6H,15H2,(H,17,19)(H,18,20). The van der Waals surface area contributed by atoms with Gasteiger partial charge in [-0.15, -0.1) is 0 Å². The van der Waals surface area contributed by atoms with Crippen LogP contribution in [0.2, 0.25) is 0 Å². The number of carbonyl (C=O) groups excluding carboxylic acids is 1. The first-order valence-electron chi connectivity index (χ1n) is 5.43. The van der Waals surface area contributed by atoms with E-state index in [2.05, 4.69) is 20.7 Å². The normalized spacial score (nSPS) is 9.65. The maximum Gasteiger partial charge on any atom is 0.275 e. The van der Waals surface area contributed by atoms with Crippen molar-refractivity contribution < 1.29 is 9.18 Å². The van der Waals surface area contributed by atoms with Crippen molar-refractivity contribution in [2.75, 3.05) is 10.7 Å². The number of nitrogens with two attached hydrogens (primary N) is 1. The third kappa shape index (κ3) is 2.85. The molecule has 0 fully saturated rings. The van der Waals surface area contributed by atoms with Crippen molar-refractivity contribution in [3.63, 3.8) is 0 Å². The molecule has 0 radical (unpaired) electrons. The van der Waals surface area contributed by atoms with Gasteiger partial charge in [0, 0.05) is 0 Å². The highest BCUT2D eigenvalue weighted by Crippen LogP contribution is 2.16. The minimum absolute atomic E-state index is 0.0200. The zero-order chi connectivity index (χ0) is 14.5. The van der Waals surface area contributed by atoms with Crippen LogP contribution in [-0.4, -0.2) is 15.9 Å². The summed E-state index contributed by atoms with van der Waals surface area (Å²) in [5.41, 5.74) is 2.53. The molecule has 0 saturated carbocycles. The number of carbonyl (C=O) groups is 1. The molecule has 20 heavy (non-hydrogen) atoms. The van der Waals surface area contributed by atoms with Crippen LogP contribution in [0.15, 0.2) is 30.6 Å². The van der Waals surface area contributed by atoms with Gasteiger partial charge in [-0.3, -0.25) is 4.79 Å². The van der Waals surface area contributed by atoms with Crippen LogP contribution < -0.4 is 16.6 Å². The lowest BCUT2D eigenvalue weighted by Crippen LogP contribution is -2.16. The summed E-state index contributed by atoms with van der Waals surface area (Å²) in [6.07, 6.45) is 2.50. The molecule has 0 bridgehead atoms. The van der Waals surface area contributed by atoms with Crippen LogP contribution in [0.4, 0.5) is 15.9 Å². The first-order valence-corrected chi connectivity index (χ1v) is 5.43. The smallest absolute Gasteiger partial charge is 0.275 e.